The molecule has 0 spiro atoms. The van der Waals surface area contributed by atoms with Crippen LogP contribution >= 0.6 is 0 Å². The van der Waals surface area contributed by atoms with E-state index in [0.717, 1.165) is 0 Å². The molecule has 0 aromatic heterocycles. The van der Waals surface area contributed by atoms with Crippen LogP contribution in [0.5, 0.6) is 0 Å². The van der Waals surface area contributed by atoms with Gasteiger partial charge < -0.3 is 4.74 Å². The van der Waals surface area contributed by atoms with Crippen molar-refractivity contribution in [1.29, 1.82) is 0 Å². The standard InChI is InChI=1S/C4H3NO/c1-3-6-4-2-5-1/h1-3H. The molecule has 0 aromatic carbocycles. The zero-order valence-electron chi connectivity index (χ0n) is 3.09. The number of nitrogens with zero attached hydrogens (tertiary/aromatic N) is 1. The highest BCUT2D eigenvalue weighted by molar-refractivity contribution is 5.66. The average molecular weight is 81.1 g/mol. The Bertz CT molecular complexity index is 73.5. The Morgan fingerprint density at radius 2 is 2.67 bits per heavy atom. The molecule has 1 rings (SSSR count). The minimum absolute atomic E-state index is 1.46. The van der Waals surface area contributed by atoms with Crippen molar-refractivity contribution in [2.45, 2.75) is 0 Å². The van der Waals surface area contributed by atoms with E-state index in [2.05, 4.69) is 16.3 Å². The third-order valence-corrected chi connectivity index (χ3v) is 0.410. The minimum Gasteiger partial charge on any atom is -0.478 e. The zero-order valence-corrected chi connectivity index (χ0v) is 3.09. The lowest BCUT2D eigenvalue weighted by Crippen LogP contribution is -1.81. The molecule has 0 unspecified atom stereocenters. The Labute approximate surface area is 36.1 Å². The van der Waals surface area contributed by atoms with E-state index in [9.17, 15) is 0 Å². The molecule has 0 amide bonds. The van der Waals surface area contributed by atoms with Crippen molar-refractivity contribution in [2.75, 3.05) is 0 Å². The first-order valence-corrected chi connectivity index (χ1v) is 1.58. The number of ether oxygens (including phenoxy) is 1. The molecule has 1 aliphatic rings. The summed E-state index contributed by atoms with van der Waals surface area (Å²) in [4.78, 5) is 3.64. The number of rotatable bonds is 0. The first-order valence-electron chi connectivity index (χ1n) is 1.58. The fraction of sp³-hybridized carbons (Fsp3) is 0. The number of hydrogen-bond donors (Lipinski definition) is 0. The summed E-state index contributed by atoms with van der Waals surface area (Å²) in [6, 6.07) is 0. The van der Waals surface area contributed by atoms with Gasteiger partial charge in [0.05, 0.1) is 12.4 Å². The van der Waals surface area contributed by atoms with Crippen molar-refractivity contribution in [2.24, 2.45) is 4.99 Å². The maximum atomic E-state index is 4.49. The number of hydrogen-bond acceptors (Lipinski definition) is 2. The zero-order chi connectivity index (χ0) is 4.24. The first kappa shape index (κ1) is 3.40. The molecule has 0 saturated heterocycles. The van der Waals surface area contributed by atoms with Crippen LogP contribution in [0.1, 0.15) is 0 Å². The highest BCUT2D eigenvalue weighted by atomic mass is 16.5. The van der Waals surface area contributed by atoms with Crippen molar-refractivity contribution in [1.82, 2.24) is 0 Å². The second kappa shape index (κ2) is 1.60. The smallest absolute Gasteiger partial charge is 0.241 e. The van der Waals surface area contributed by atoms with Gasteiger partial charge in [0, 0.05) is 0 Å². The summed E-state index contributed by atoms with van der Waals surface area (Å²) < 4.78 is 4.49. The molecule has 30 valence electrons. The molecule has 1 aliphatic heterocycles. The van der Waals surface area contributed by atoms with Gasteiger partial charge in [-0.15, -0.1) is 0 Å². The van der Waals surface area contributed by atoms with E-state index in [1.54, 1.807) is 6.20 Å². The van der Waals surface area contributed by atoms with Crippen LogP contribution in [0.4, 0.5) is 0 Å². The van der Waals surface area contributed by atoms with Crippen LogP contribution in [0.25, 0.3) is 0 Å². The summed E-state index contributed by atoms with van der Waals surface area (Å²) in [5, 5.41) is 0. The van der Waals surface area contributed by atoms with E-state index >= 15 is 0 Å². The first-order chi connectivity index (χ1) is 3.00. The molecule has 2 radical (unpaired) electrons. The van der Waals surface area contributed by atoms with E-state index < -0.39 is 0 Å². The molecule has 2 nitrogen and oxygen atoms in total. The molecule has 0 atom stereocenters. The summed E-state index contributed by atoms with van der Waals surface area (Å²) in [5.41, 5.74) is 0. The van der Waals surface area contributed by atoms with Gasteiger partial charge in [0.25, 0.3) is 0 Å². The van der Waals surface area contributed by atoms with Crippen LogP contribution < -0.4 is 0 Å². The Morgan fingerprint density at radius 1 is 1.67 bits per heavy atom. The van der Waals surface area contributed by atoms with Gasteiger partial charge in [-0.05, 0) is 0 Å². The lowest BCUT2D eigenvalue weighted by Gasteiger charge is -1.91. The molecular formula is C4H3NO. The van der Waals surface area contributed by atoms with Gasteiger partial charge in [0.15, 0.2) is 0 Å². The minimum atomic E-state index is 1.46. The van der Waals surface area contributed by atoms with Crippen LogP contribution in [-0.2, 0) is 4.74 Å². The van der Waals surface area contributed by atoms with Gasteiger partial charge in [-0.25, -0.2) is 0 Å². The lowest BCUT2D eigenvalue weighted by atomic mass is 10.7. The normalized spacial score (nSPS) is 17.3. The topological polar surface area (TPSA) is 21.6 Å². The van der Waals surface area contributed by atoms with Gasteiger partial charge in [-0.3, -0.25) is 4.99 Å². The molecule has 0 saturated carbocycles. The van der Waals surface area contributed by atoms with E-state index in [-0.39, 0.29) is 0 Å². The van der Waals surface area contributed by atoms with Gasteiger partial charge in [-0.2, -0.15) is 0 Å². The molecule has 6 heavy (non-hydrogen) atoms. The summed E-state index contributed by atoms with van der Waals surface area (Å²) in [6.07, 6.45) is 4.47. The van der Waals surface area contributed by atoms with Crippen molar-refractivity contribution in [3.63, 3.8) is 0 Å². The van der Waals surface area contributed by atoms with Gasteiger partial charge in [0.1, 0.15) is 6.26 Å². The largest absolute Gasteiger partial charge is 0.478 e. The van der Waals surface area contributed by atoms with Gasteiger partial charge in [0.2, 0.25) is 6.61 Å². The SMILES string of the molecule is [C]1C=NC=CO1. The fourth-order valence-corrected chi connectivity index (χ4v) is 0.209. The molecule has 2 heteroatoms. The quantitative estimate of drug-likeness (QED) is 0.418. The lowest BCUT2D eigenvalue weighted by molar-refractivity contribution is 0.365. The monoisotopic (exact) mass is 81.0 g/mol. The van der Waals surface area contributed by atoms with E-state index in [1.807, 2.05) is 0 Å². The van der Waals surface area contributed by atoms with Gasteiger partial charge >= 0.3 is 0 Å². The molecule has 0 N–H and O–H groups in total. The Hall–Kier alpha value is -0.790. The van der Waals surface area contributed by atoms with Crippen LogP contribution in [-0.4, -0.2) is 6.21 Å². The second-order valence-corrected chi connectivity index (χ2v) is 0.799. The van der Waals surface area contributed by atoms with E-state index in [1.165, 1.54) is 12.5 Å². The summed E-state index contributed by atoms with van der Waals surface area (Å²) >= 11 is 0. The van der Waals surface area contributed by atoms with Crippen LogP contribution in [0.2, 0.25) is 0 Å². The molecule has 0 bridgehead atoms. The molecular weight excluding hydrogens is 78.0 g/mol. The van der Waals surface area contributed by atoms with Gasteiger partial charge in [-0.1, -0.05) is 0 Å². The third kappa shape index (κ3) is 0.578. The molecule has 0 aliphatic carbocycles. The maximum Gasteiger partial charge on any atom is 0.241 e. The number of aliphatic imine (C=N–C) groups is 1. The van der Waals surface area contributed by atoms with Crippen LogP contribution in [0.15, 0.2) is 17.5 Å². The van der Waals surface area contributed by atoms with Crippen molar-refractivity contribution >= 4 is 6.21 Å². The average Bonchev–Trinajstić information content (AvgIpc) is 1.72. The Morgan fingerprint density at radius 3 is 2.83 bits per heavy atom. The third-order valence-electron chi connectivity index (χ3n) is 0.410. The van der Waals surface area contributed by atoms with Crippen LogP contribution in [0, 0.1) is 6.61 Å². The van der Waals surface area contributed by atoms with Crippen LogP contribution in [0.3, 0.4) is 0 Å². The summed E-state index contributed by atoms with van der Waals surface area (Å²) in [6.45, 7) is 2.41. The summed E-state index contributed by atoms with van der Waals surface area (Å²) in [7, 11) is 0. The van der Waals surface area contributed by atoms with Crippen molar-refractivity contribution < 1.29 is 4.74 Å². The second-order valence-electron chi connectivity index (χ2n) is 0.799. The molecule has 0 aromatic rings. The highest BCUT2D eigenvalue weighted by Crippen LogP contribution is 1.86. The van der Waals surface area contributed by atoms with E-state index in [0.29, 0.717) is 0 Å². The van der Waals surface area contributed by atoms with E-state index in [4.69, 9.17) is 0 Å². The van der Waals surface area contributed by atoms with Crippen molar-refractivity contribution in [3.8, 4) is 0 Å². The maximum absolute atomic E-state index is 4.49. The fourth-order valence-electron chi connectivity index (χ4n) is 0.209. The Kier molecular flexibility index (Phi) is 0.906. The Balaban J connectivity index is 2.46. The predicted molar refractivity (Wildman–Crippen MR) is 22.0 cm³/mol. The highest BCUT2D eigenvalue weighted by Gasteiger charge is 1.80. The molecule has 1 heterocycles. The predicted octanol–water partition coefficient (Wildman–Crippen LogP) is 0.597. The summed E-state index contributed by atoms with van der Waals surface area (Å²) in [5.74, 6) is 0. The molecule has 0 fully saturated rings. The van der Waals surface area contributed by atoms with Crippen molar-refractivity contribution in [3.05, 3.63) is 19.1 Å².